The third-order valence-electron chi connectivity index (χ3n) is 3.84. The fraction of sp³-hybridized carbons (Fsp3) is 0.625. The van der Waals surface area contributed by atoms with E-state index in [0.29, 0.717) is 13.2 Å². The van der Waals surface area contributed by atoms with Crippen LogP contribution in [0, 0.1) is 5.92 Å². The highest BCUT2D eigenvalue weighted by Gasteiger charge is 2.29. The molecule has 0 spiro atoms. The number of ether oxygens (including phenoxy) is 2. The van der Waals surface area contributed by atoms with Gasteiger partial charge in [-0.05, 0) is 38.4 Å². The summed E-state index contributed by atoms with van der Waals surface area (Å²) in [7, 11) is 0. The first-order chi connectivity index (χ1) is 10.2. The van der Waals surface area contributed by atoms with Crippen LogP contribution < -0.4 is 14.8 Å². The largest absolute Gasteiger partial charge is 0.494 e. The van der Waals surface area contributed by atoms with Crippen LogP contribution in [0.5, 0.6) is 11.5 Å². The smallest absolute Gasteiger partial charge is 0.126 e. The molecule has 3 N–H and O–H groups in total. The van der Waals surface area contributed by atoms with E-state index in [-0.39, 0.29) is 42.2 Å². The second kappa shape index (κ2) is 9.35. The number of nitrogens with one attached hydrogen (secondary N) is 1. The predicted octanol–water partition coefficient (Wildman–Crippen LogP) is 1.85. The van der Waals surface area contributed by atoms with Crippen molar-refractivity contribution in [2.24, 2.45) is 5.92 Å². The summed E-state index contributed by atoms with van der Waals surface area (Å²) >= 11 is 0. The first-order valence-corrected chi connectivity index (χ1v) is 7.62. The Morgan fingerprint density at radius 1 is 1.18 bits per heavy atom. The van der Waals surface area contributed by atoms with Gasteiger partial charge < -0.3 is 25.0 Å². The van der Waals surface area contributed by atoms with E-state index in [4.69, 9.17) is 9.47 Å². The van der Waals surface area contributed by atoms with Crippen LogP contribution >= 0.6 is 17.0 Å². The van der Waals surface area contributed by atoms with Crippen molar-refractivity contribution < 1.29 is 19.7 Å². The molecule has 1 aromatic rings. The summed E-state index contributed by atoms with van der Waals surface area (Å²) in [6.45, 7) is 5.78. The highest BCUT2D eigenvalue weighted by atomic mass is 79.9. The summed E-state index contributed by atoms with van der Waals surface area (Å²) in [4.78, 5) is 0. The molecule has 0 aromatic heterocycles. The monoisotopic (exact) mass is 375 g/mol. The van der Waals surface area contributed by atoms with Gasteiger partial charge in [-0.15, -0.1) is 17.0 Å². The molecule has 1 heterocycles. The van der Waals surface area contributed by atoms with Crippen LogP contribution in [0.3, 0.4) is 0 Å². The number of halogens is 1. The molecule has 0 bridgehead atoms. The fourth-order valence-electron chi connectivity index (χ4n) is 2.87. The van der Waals surface area contributed by atoms with Crippen LogP contribution in [-0.2, 0) is 6.42 Å². The Kier molecular flexibility index (Phi) is 8.17. The van der Waals surface area contributed by atoms with Crippen molar-refractivity contribution in [3.05, 3.63) is 23.3 Å². The van der Waals surface area contributed by atoms with Gasteiger partial charge in [0.2, 0.25) is 0 Å². The number of hydrogen-bond acceptors (Lipinski definition) is 5. The second-order valence-corrected chi connectivity index (χ2v) is 5.16. The topological polar surface area (TPSA) is 71.0 Å². The molecule has 1 atom stereocenters. The minimum absolute atomic E-state index is 0. The van der Waals surface area contributed by atoms with Gasteiger partial charge >= 0.3 is 0 Å². The van der Waals surface area contributed by atoms with Gasteiger partial charge in [0.05, 0.1) is 13.2 Å². The number of benzene rings is 1. The van der Waals surface area contributed by atoms with Crippen molar-refractivity contribution in [1.82, 2.24) is 5.32 Å². The van der Waals surface area contributed by atoms with Crippen LogP contribution in [-0.4, -0.2) is 43.2 Å². The van der Waals surface area contributed by atoms with Crippen LogP contribution in [0.25, 0.3) is 0 Å². The molecule has 0 aliphatic carbocycles. The van der Waals surface area contributed by atoms with Crippen LogP contribution in [0.15, 0.2) is 12.1 Å². The van der Waals surface area contributed by atoms with Gasteiger partial charge in [-0.2, -0.15) is 0 Å². The lowest BCUT2D eigenvalue weighted by molar-refractivity contribution is 0.117. The Hall–Kier alpha value is -0.820. The van der Waals surface area contributed by atoms with Gasteiger partial charge in [0, 0.05) is 36.8 Å². The highest BCUT2D eigenvalue weighted by molar-refractivity contribution is 8.93. The van der Waals surface area contributed by atoms with Gasteiger partial charge in [0.15, 0.2) is 0 Å². The summed E-state index contributed by atoms with van der Waals surface area (Å²) in [6.07, 6.45) is 0.872. The zero-order valence-corrected chi connectivity index (χ0v) is 14.9. The minimum atomic E-state index is -0.226. The van der Waals surface area contributed by atoms with Gasteiger partial charge in [0.25, 0.3) is 0 Å². The third kappa shape index (κ3) is 4.13. The van der Waals surface area contributed by atoms with Crippen molar-refractivity contribution in [1.29, 1.82) is 0 Å². The Morgan fingerprint density at radius 2 is 1.86 bits per heavy atom. The number of fused-ring (bicyclic) bond motifs is 1. The first kappa shape index (κ1) is 19.2. The summed E-state index contributed by atoms with van der Waals surface area (Å²) < 4.78 is 11.4. The third-order valence-corrected chi connectivity index (χ3v) is 3.84. The van der Waals surface area contributed by atoms with E-state index >= 15 is 0 Å². The Bertz CT molecular complexity index is 466. The van der Waals surface area contributed by atoms with Crippen molar-refractivity contribution in [3.63, 3.8) is 0 Å². The van der Waals surface area contributed by atoms with Gasteiger partial charge in [-0.1, -0.05) is 0 Å². The lowest BCUT2D eigenvalue weighted by Gasteiger charge is -2.33. The molecule has 1 aliphatic rings. The Morgan fingerprint density at radius 3 is 2.45 bits per heavy atom. The molecule has 1 aliphatic heterocycles. The maximum absolute atomic E-state index is 9.49. The van der Waals surface area contributed by atoms with E-state index in [9.17, 15) is 10.2 Å². The summed E-state index contributed by atoms with van der Waals surface area (Å²) in [5.74, 6) is 1.39. The first-order valence-electron chi connectivity index (χ1n) is 7.62. The Balaban J connectivity index is 0.00000242. The fourth-order valence-corrected chi connectivity index (χ4v) is 2.87. The molecule has 0 saturated carbocycles. The van der Waals surface area contributed by atoms with Crippen LogP contribution in [0.1, 0.15) is 31.0 Å². The van der Waals surface area contributed by atoms with Crippen LogP contribution in [0.2, 0.25) is 0 Å². The quantitative estimate of drug-likeness (QED) is 0.678. The van der Waals surface area contributed by atoms with E-state index in [0.717, 1.165) is 35.6 Å². The standard InChI is InChI=1S/C16H25NO4.BrH/c1-3-20-12-7-14-13(15(8-12)21-4-2)5-6-17-16(14)11(9-18)10-19;/h7-8,11,16-19H,3-6,9-10H2,1-2H3;1H. The minimum Gasteiger partial charge on any atom is -0.494 e. The predicted molar refractivity (Wildman–Crippen MR) is 91.2 cm³/mol. The summed E-state index contributed by atoms with van der Waals surface area (Å²) in [6, 6.07) is 3.85. The number of aliphatic hydroxyl groups is 2. The molecule has 1 aromatic carbocycles. The summed E-state index contributed by atoms with van der Waals surface area (Å²) in [5.41, 5.74) is 2.21. The average molecular weight is 376 g/mol. The van der Waals surface area contributed by atoms with Crippen molar-refractivity contribution in [2.45, 2.75) is 26.3 Å². The number of hydrogen-bond donors (Lipinski definition) is 3. The van der Waals surface area contributed by atoms with E-state index in [1.54, 1.807) is 0 Å². The van der Waals surface area contributed by atoms with E-state index in [2.05, 4.69) is 5.32 Å². The van der Waals surface area contributed by atoms with Gasteiger partial charge in [0.1, 0.15) is 11.5 Å². The maximum atomic E-state index is 9.49. The lowest BCUT2D eigenvalue weighted by atomic mass is 9.86. The van der Waals surface area contributed by atoms with E-state index < -0.39 is 0 Å². The zero-order chi connectivity index (χ0) is 15.2. The van der Waals surface area contributed by atoms with E-state index in [1.165, 1.54) is 0 Å². The molecular weight excluding hydrogens is 350 g/mol. The normalized spacial score (nSPS) is 16.9. The highest BCUT2D eigenvalue weighted by Crippen LogP contribution is 2.37. The number of rotatable bonds is 7. The van der Waals surface area contributed by atoms with Gasteiger partial charge in [-0.3, -0.25) is 0 Å². The Labute approximate surface area is 142 Å². The zero-order valence-electron chi connectivity index (χ0n) is 13.2. The molecule has 0 fully saturated rings. The van der Waals surface area contributed by atoms with Crippen molar-refractivity contribution in [2.75, 3.05) is 33.0 Å². The second-order valence-electron chi connectivity index (χ2n) is 5.16. The molecule has 1 unspecified atom stereocenters. The number of aliphatic hydroxyl groups excluding tert-OH is 2. The molecular formula is C16H26BrNO4. The van der Waals surface area contributed by atoms with E-state index in [1.807, 2.05) is 26.0 Å². The van der Waals surface area contributed by atoms with Crippen molar-refractivity contribution in [3.8, 4) is 11.5 Å². The van der Waals surface area contributed by atoms with Gasteiger partial charge in [-0.25, -0.2) is 0 Å². The molecule has 5 nitrogen and oxygen atoms in total. The van der Waals surface area contributed by atoms with Crippen molar-refractivity contribution >= 4 is 17.0 Å². The molecule has 126 valence electrons. The maximum Gasteiger partial charge on any atom is 0.126 e. The molecule has 2 rings (SSSR count). The molecule has 0 radical (unpaired) electrons. The molecule has 0 saturated heterocycles. The SMILES string of the molecule is Br.CCOc1cc(OCC)c2c(c1)C(C(CO)CO)NCC2. The average Bonchev–Trinajstić information content (AvgIpc) is 2.50. The summed E-state index contributed by atoms with van der Waals surface area (Å²) in [5, 5.41) is 22.4. The molecule has 0 amide bonds. The molecule has 22 heavy (non-hydrogen) atoms. The van der Waals surface area contributed by atoms with Crippen LogP contribution in [0.4, 0.5) is 0 Å². The molecule has 6 heteroatoms. The lowest BCUT2D eigenvalue weighted by Crippen LogP contribution is -2.38.